The van der Waals surface area contributed by atoms with E-state index >= 15 is 0 Å². The van der Waals surface area contributed by atoms with Crippen molar-refractivity contribution in [2.24, 2.45) is 0 Å². The zero-order chi connectivity index (χ0) is 20.7. The highest BCUT2D eigenvalue weighted by atomic mass is 19.1. The first kappa shape index (κ1) is 20.2. The Bertz CT molecular complexity index is 958. The third kappa shape index (κ3) is 5.69. The number of hydrogen-bond donors (Lipinski definition) is 1. The number of esters is 1. The molecule has 0 fully saturated rings. The number of halogens is 1. The molecule has 10 nitrogen and oxygen atoms in total. The minimum absolute atomic E-state index is 0.0319. The molecule has 0 heterocycles. The average molecular weight is 389 g/mol. The van der Waals surface area contributed by atoms with Crippen molar-refractivity contribution in [2.45, 2.75) is 0 Å². The molecule has 0 aliphatic rings. The molecule has 0 saturated carbocycles. The van der Waals surface area contributed by atoms with Gasteiger partial charge in [-0.1, -0.05) is 0 Å². The molecule has 0 bridgehead atoms. The van der Waals surface area contributed by atoms with Gasteiger partial charge in [0.15, 0.2) is 6.61 Å². The van der Waals surface area contributed by atoms with Gasteiger partial charge in [-0.05, 0) is 35.9 Å². The lowest BCUT2D eigenvalue weighted by atomic mass is 10.2. The minimum atomic E-state index is -1.05. The van der Waals surface area contributed by atoms with E-state index in [1.54, 1.807) is 0 Å². The van der Waals surface area contributed by atoms with Crippen LogP contribution in [0.2, 0.25) is 0 Å². The summed E-state index contributed by atoms with van der Waals surface area (Å²) in [6.45, 7) is -0.672. The van der Waals surface area contributed by atoms with Crippen LogP contribution in [0.3, 0.4) is 0 Å². The first-order valence-corrected chi connectivity index (χ1v) is 7.59. The summed E-state index contributed by atoms with van der Waals surface area (Å²) in [5.41, 5.74) is -0.431. The molecule has 0 aromatic heterocycles. The number of nitro benzene ring substituents is 2. The number of nitrogens with one attached hydrogen (secondary N) is 1. The van der Waals surface area contributed by atoms with Crippen LogP contribution in [0.25, 0.3) is 6.08 Å². The molecule has 2 aromatic carbocycles. The second-order valence-electron chi connectivity index (χ2n) is 5.26. The lowest BCUT2D eigenvalue weighted by Crippen LogP contribution is -2.20. The van der Waals surface area contributed by atoms with Crippen LogP contribution in [0.15, 0.2) is 48.5 Å². The van der Waals surface area contributed by atoms with Crippen molar-refractivity contribution < 1.29 is 28.6 Å². The van der Waals surface area contributed by atoms with E-state index in [-0.39, 0.29) is 11.4 Å². The van der Waals surface area contributed by atoms with Crippen molar-refractivity contribution >= 4 is 35.0 Å². The van der Waals surface area contributed by atoms with Crippen LogP contribution in [0.4, 0.5) is 21.5 Å². The van der Waals surface area contributed by atoms with Crippen molar-refractivity contribution in [2.75, 3.05) is 11.9 Å². The van der Waals surface area contributed by atoms with Crippen LogP contribution in [0.1, 0.15) is 5.56 Å². The van der Waals surface area contributed by atoms with Crippen LogP contribution in [-0.4, -0.2) is 28.3 Å². The molecule has 2 rings (SSSR count). The van der Waals surface area contributed by atoms with Crippen LogP contribution < -0.4 is 5.32 Å². The molecule has 144 valence electrons. The van der Waals surface area contributed by atoms with Gasteiger partial charge in [-0.15, -0.1) is 0 Å². The molecular formula is C17H12FN3O7. The molecule has 11 heteroatoms. The summed E-state index contributed by atoms with van der Waals surface area (Å²) in [5.74, 6) is -2.68. The molecule has 2 aromatic rings. The molecule has 0 aliphatic heterocycles. The van der Waals surface area contributed by atoms with E-state index in [1.807, 2.05) is 0 Å². The summed E-state index contributed by atoms with van der Waals surface area (Å²) in [4.78, 5) is 43.0. The Morgan fingerprint density at radius 1 is 1.07 bits per heavy atom. The van der Waals surface area contributed by atoms with Gasteiger partial charge in [-0.3, -0.25) is 25.0 Å². The minimum Gasteiger partial charge on any atom is -0.452 e. The highest BCUT2D eigenvalue weighted by Crippen LogP contribution is 2.21. The van der Waals surface area contributed by atoms with Crippen LogP contribution in [0, 0.1) is 26.0 Å². The Kier molecular flexibility index (Phi) is 6.47. The smallest absolute Gasteiger partial charge is 0.331 e. The summed E-state index contributed by atoms with van der Waals surface area (Å²) in [5, 5.41) is 23.4. The second kappa shape index (κ2) is 8.98. The fraction of sp³-hybridized carbons (Fsp3) is 0.0588. The largest absolute Gasteiger partial charge is 0.452 e. The summed E-state index contributed by atoms with van der Waals surface area (Å²) in [6, 6.07) is 8.17. The Balaban J connectivity index is 1.86. The predicted octanol–water partition coefficient (Wildman–Crippen LogP) is 2.84. The zero-order valence-electron chi connectivity index (χ0n) is 14.0. The number of nitrogens with zero attached hydrogens (tertiary/aromatic N) is 2. The number of benzene rings is 2. The van der Waals surface area contributed by atoms with Gasteiger partial charge in [-0.25, -0.2) is 4.79 Å². The molecule has 0 atom stereocenters. The number of nitro groups is 2. The van der Waals surface area contributed by atoms with Gasteiger partial charge in [0.2, 0.25) is 5.82 Å². The van der Waals surface area contributed by atoms with Gasteiger partial charge in [-0.2, -0.15) is 4.39 Å². The Hall–Kier alpha value is -4.15. The van der Waals surface area contributed by atoms with Crippen molar-refractivity contribution in [1.82, 2.24) is 0 Å². The second-order valence-corrected chi connectivity index (χ2v) is 5.26. The standard InChI is InChI=1S/C17H12FN3O7/c18-14-7-4-12(9-15(14)21(26)27)19-16(22)10-28-17(23)8-3-11-1-5-13(6-2-11)20(24)25/h1-9H,10H2,(H,19,22)/b8-3+. The highest BCUT2D eigenvalue weighted by molar-refractivity contribution is 5.94. The van der Waals surface area contributed by atoms with E-state index in [2.05, 4.69) is 5.32 Å². The third-order valence-corrected chi connectivity index (χ3v) is 3.29. The van der Waals surface area contributed by atoms with Crippen molar-refractivity contribution in [1.29, 1.82) is 0 Å². The van der Waals surface area contributed by atoms with Gasteiger partial charge < -0.3 is 10.1 Å². The Morgan fingerprint density at radius 3 is 2.36 bits per heavy atom. The number of rotatable bonds is 7. The maximum atomic E-state index is 13.2. The molecule has 0 aliphatic carbocycles. The lowest BCUT2D eigenvalue weighted by Gasteiger charge is -2.05. The summed E-state index contributed by atoms with van der Waals surface area (Å²) < 4.78 is 17.9. The topological polar surface area (TPSA) is 142 Å². The van der Waals surface area contributed by atoms with Gasteiger partial charge in [0, 0.05) is 30.0 Å². The van der Waals surface area contributed by atoms with E-state index in [1.165, 1.54) is 30.3 Å². The highest BCUT2D eigenvalue weighted by Gasteiger charge is 2.15. The van der Waals surface area contributed by atoms with E-state index in [0.29, 0.717) is 5.56 Å². The number of ether oxygens (including phenoxy) is 1. The zero-order valence-corrected chi connectivity index (χ0v) is 14.0. The normalized spacial score (nSPS) is 10.5. The molecule has 0 spiro atoms. The maximum Gasteiger partial charge on any atom is 0.331 e. The summed E-state index contributed by atoms with van der Waals surface area (Å²) in [7, 11) is 0. The van der Waals surface area contributed by atoms with Crippen LogP contribution in [-0.2, 0) is 14.3 Å². The number of carbonyl (C=O) groups excluding carboxylic acids is 2. The molecule has 28 heavy (non-hydrogen) atoms. The van der Waals surface area contributed by atoms with E-state index in [0.717, 1.165) is 24.3 Å². The third-order valence-electron chi connectivity index (χ3n) is 3.29. The van der Waals surface area contributed by atoms with Gasteiger partial charge in [0.1, 0.15) is 0 Å². The van der Waals surface area contributed by atoms with Gasteiger partial charge in [0.25, 0.3) is 11.6 Å². The van der Waals surface area contributed by atoms with Gasteiger partial charge >= 0.3 is 11.7 Å². The quantitative estimate of drug-likeness (QED) is 0.332. The molecule has 0 unspecified atom stereocenters. The Morgan fingerprint density at radius 2 is 1.75 bits per heavy atom. The first-order chi connectivity index (χ1) is 13.3. The molecule has 0 saturated heterocycles. The average Bonchev–Trinajstić information content (AvgIpc) is 2.66. The van der Waals surface area contributed by atoms with Crippen LogP contribution >= 0.6 is 0 Å². The molecule has 1 N–H and O–H groups in total. The van der Waals surface area contributed by atoms with Crippen molar-refractivity contribution in [3.05, 3.63) is 80.1 Å². The maximum absolute atomic E-state index is 13.2. The number of anilines is 1. The monoisotopic (exact) mass is 389 g/mol. The van der Waals surface area contributed by atoms with Crippen molar-refractivity contribution in [3.63, 3.8) is 0 Å². The molecule has 1 amide bonds. The first-order valence-electron chi connectivity index (χ1n) is 7.59. The Labute approximate surface area is 156 Å². The molecule has 0 radical (unpaired) electrons. The lowest BCUT2D eigenvalue weighted by molar-refractivity contribution is -0.387. The SMILES string of the molecule is O=C(COC(=O)/C=C/c1ccc([N+](=O)[O-])cc1)Nc1ccc(F)c([N+](=O)[O-])c1. The van der Waals surface area contributed by atoms with E-state index in [4.69, 9.17) is 4.74 Å². The van der Waals surface area contributed by atoms with E-state index < -0.39 is 39.8 Å². The summed E-state index contributed by atoms with van der Waals surface area (Å²) >= 11 is 0. The number of hydrogen-bond acceptors (Lipinski definition) is 7. The summed E-state index contributed by atoms with van der Waals surface area (Å²) in [6.07, 6.45) is 2.37. The van der Waals surface area contributed by atoms with E-state index in [9.17, 15) is 34.2 Å². The fourth-order valence-electron chi connectivity index (χ4n) is 1.98. The van der Waals surface area contributed by atoms with Crippen molar-refractivity contribution in [3.8, 4) is 0 Å². The van der Waals surface area contributed by atoms with Gasteiger partial charge in [0.05, 0.1) is 9.85 Å². The fourth-order valence-corrected chi connectivity index (χ4v) is 1.98. The van der Waals surface area contributed by atoms with Crippen LogP contribution in [0.5, 0.6) is 0 Å². The number of amides is 1. The number of carbonyl (C=O) groups is 2. The predicted molar refractivity (Wildman–Crippen MR) is 94.8 cm³/mol. The number of non-ortho nitro benzene ring substituents is 1. The molecular weight excluding hydrogens is 377 g/mol.